The van der Waals surface area contributed by atoms with Gasteiger partial charge in [0, 0.05) is 39.6 Å². The molecule has 2 unspecified atom stereocenters. The number of aliphatic carboxylic acids is 2. The SMILES string of the molecule is CC(=O)N1CCN(CC(O)COC(c2ccccc2)c2ccccc2C)CC1.O=C(O)C(=O)O. The van der Waals surface area contributed by atoms with Crippen molar-refractivity contribution in [3.63, 3.8) is 0 Å². The number of hydrogen-bond acceptors (Lipinski definition) is 6. The predicted molar refractivity (Wildman–Crippen MR) is 125 cm³/mol. The third-order valence-electron chi connectivity index (χ3n) is 5.50. The molecule has 2 aromatic rings. The van der Waals surface area contributed by atoms with Crippen LogP contribution in [0.2, 0.25) is 0 Å². The Bertz CT molecular complexity index is 931. The fourth-order valence-corrected chi connectivity index (χ4v) is 3.68. The second-order valence-electron chi connectivity index (χ2n) is 8.05. The first-order chi connectivity index (χ1) is 16.2. The van der Waals surface area contributed by atoms with Crippen LogP contribution < -0.4 is 0 Å². The standard InChI is InChI=1S/C23H30N2O3.C2H2O4/c1-18-8-6-7-11-22(18)23(20-9-4-3-5-10-20)28-17-21(27)16-24-12-14-25(15-13-24)19(2)26;3-1(4)2(5)6/h3-11,21,23,27H,12-17H2,1-2H3;(H,3,4)(H,5,6). The monoisotopic (exact) mass is 472 g/mol. The van der Waals surface area contributed by atoms with E-state index in [4.69, 9.17) is 24.5 Å². The fraction of sp³-hybridized carbons (Fsp3) is 0.400. The highest BCUT2D eigenvalue weighted by Crippen LogP contribution is 2.28. The minimum absolute atomic E-state index is 0.118. The molecule has 1 aliphatic rings. The lowest BCUT2D eigenvalue weighted by atomic mass is 9.97. The predicted octanol–water partition coefficient (Wildman–Crippen LogP) is 1.78. The molecule has 9 nitrogen and oxygen atoms in total. The van der Waals surface area contributed by atoms with Gasteiger partial charge in [0.15, 0.2) is 0 Å². The topological polar surface area (TPSA) is 128 Å². The molecular weight excluding hydrogens is 440 g/mol. The molecule has 2 atom stereocenters. The second kappa shape index (κ2) is 13.4. The number of aryl methyl sites for hydroxylation is 1. The summed E-state index contributed by atoms with van der Waals surface area (Å²) >= 11 is 0. The summed E-state index contributed by atoms with van der Waals surface area (Å²) in [6, 6.07) is 18.3. The van der Waals surface area contributed by atoms with E-state index in [2.05, 4.69) is 36.1 Å². The Labute approximate surface area is 199 Å². The summed E-state index contributed by atoms with van der Waals surface area (Å²) in [7, 11) is 0. The molecule has 34 heavy (non-hydrogen) atoms. The maximum absolute atomic E-state index is 11.4. The molecule has 2 aromatic carbocycles. The molecule has 0 spiro atoms. The number of aliphatic hydroxyl groups excluding tert-OH is 1. The Morgan fingerprint density at radius 2 is 1.47 bits per heavy atom. The summed E-state index contributed by atoms with van der Waals surface area (Å²) in [5, 5.41) is 25.3. The molecule has 0 saturated carbocycles. The van der Waals surface area contributed by atoms with Crippen LogP contribution in [0.15, 0.2) is 54.6 Å². The van der Waals surface area contributed by atoms with Crippen LogP contribution in [0.3, 0.4) is 0 Å². The Kier molecular flexibility index (Phi) is 10.7. The molecule has 0 aliphatic carbocycles. The lowest BCUT2D eigenvalue weighted by molar-refractivity contribution is -0.159. The maximum atomic E-state index is 11.4. The van der Waals surface area contributed by atoms with Gasteiger partial charge in [-0.1, -0.05) is 54.6 Å². The number of amides is 1. The maximum Gasteiger partial charge on any atom is 0.414 e. The van der Waals surface area contributed by atoms with Gasteiger partial charge in [-0.15, -0.1) is 0 Å². The molecule has 1 saturated heterocycles. The molecule has 3 rings (SSSR count). The lowest BCUT2D eigenvalue weighted by Gasteiger charge is -2.35. The average molecular weight is 473 g/mol. The number of benzene rings is 2. The van der Waals surface area contributed by atoms with Crippen LogP contribution in [-0.4, -0.2) is 88.4 Å². The van der Waals surface area contributed by atoms with Crippen LogP contribution in [0.1, 0.15) is 29.7 Å². The van der Waals surface area contributed by atoms with Gasteiger partial charge in [0.25, 0.3) is 0 Å². The molecule has 1 amide bonds. The van der Waals surface area contributed by atoms with Crippen molar-refractivity contribution in [1.82, 2.24) is 9.80 Å². The van der Waals surface area contributed by atoms with Crippen LogP contribution >= 0.6 is 0 Å². The molecule has 0 radical (unpaired) electrons. The summed E-state index contributed by atoms with van der Waals surface area (Å²) < 4.78 is 6.22. The van der Waals surface area contributed by atoms with Crippen LogP contribution in [0, 0.1) is 6.92 Å². The smallest absolute Gasteiger partial charge is 0.414 e. The first-order valence-corrected chi connectivity index (χ1v) is 11.0. The van der Waals surface area contributed by atoms with Gasteiger partial charge in [0.1, 0.15) is 6.10 Å². The number of carboxylic acid groups (broad SMARTS) is 2. The number of carbonyl (C=O) groups excluding carboxylic acids is 1. The molecule has 0 bridgehead atoms. The number of ether oxygens (including phenoxy) is 1. The van der Waals surface area contributed by atoms with Crippen molar-refractivity contribution < 1.29 is 34.4 Å². The van der Waals surface area contributed by atoms with Crippen LogP contribution in [-0.2, 0) is 19.1 Å². The quantitative estimate of drug-likeness (QED) is 0.521. The lowest BCUT2D eigenvalue weighted by Crippen LogP contribution is -2.50. The van der Waals surface area contributed by atoms with Crippen molar-refractivity contribution in [3.8, 4) is 0 Å². The van der Waals surface area contributed by atoms with Crippen LogP contribution in [0.5, 0.6) is 0 Å². The summed E-state index contributed by atoms with van der Waals surface area (Å²) in [6.07, 6.45) is -0.772. The van der Waals surface area contributed by atoms with E-state index in [9.17, 15) is 9.90 Å². The van der Waals surface area contributed by atoms with Crippen molar-refractivity contribution in [3.05, 3.63) is 71.3 Å². The molecule has 0 aromatic heterocycles. The number of hydrogen-bond donors (Lipinski definition) is 3. The van der Waals surface area contributed by atoms with E-state index in [1.54, 1.807) is 6.92 Å². The van der Waals surface area contributed by atoms with Crippen molar-refractivity contribution in [2.75, 3.05) is 39.3 Å². The highest BCUT2D eigenvalue weighted by atomic mass is 16.5. The zero-order valence-electron chi connectivity index (χ0n) is 19.5. The van der Waals surface area contributed by atoms with E-state index >= 15 is 0 Å². The first-order valence-electron chi connectivity index (χ1n) is 11.0. The highest BCUT2D eigenvalue weighted by Gasteiger charge is 2.22. The van der Waals surface area contributed by atoms with Gasteiger partial charge in [0.05, 0.1) is 12.7 Å². The van der Waals surface area contributed by atoms with E-state index in [1.807, 2.05) is 35.2 Å². The summed E-state index contributed by atoms with van der Waals surface area (Å²) in [6.45, 7) is 7.53. The van der Waals surface area contributed by atoms with Crippen LogP contribution in [0.25, 0.3) is 0 Å². The number of piperazine rings is 1. The normalized spacial score (nSPS) is 15.6. The number of carboxylic acids is 2. The van der Waals surface area contributed by atoms with Gasteiger partial charge in [-0.25, -0.2) is 9.59 Å². The van der Waals surface area contributed by atoms with Gasteiger partial charge < -0.3 is 25.0 Å². The van der Waals surface area contributed by atoms with Crippen molar-refractivity contribution in [1.29, 1.82) is 0 Å². The van der Waals surface area contributed by atoms with Gasteiger partial charge in [-0.2, -0.15) is 0 Å². The molecule has 1 aliphatic heterocycles. The van der Waals surface area contributed by atoms with E-state index in [0.29, 0.717) is 6.54 Å². The fourth-order valence-electron chi connectivity index (χ4n) is 3.68. The van der Waals surface area contributed by atoms with E-state index in [-0.39, 0.29) is 18.6 Å². The Hall–Kier alpha value is -3.27. The average Bonchev–Trinajstić information content (AvgIpc) is 2.81. The van der Waals surface area contributed by atoms with Crippen molar-refractivity contribution in [2.45, 2.75) is 26.1 Å². The van der Waals surface area contributed by atoms with E-state index in [1.165, 1.54) is 5.56 Å². The van der Waals surface area contributed by atoms with E-state index in [0.717, 1.165) is 37.3 Å². The molecule has 184 valence electrons. The number of carbonyl (C=O) groups is 3. The second-order valence-corrected chi connectivity index (χ2v) is 8.05. The third kappa shape index (κ3) is 8.58. The molecule has 1 heterocycles. The Morgan fingerprint density at radius 3 is 2.00 bits per heavy atom. The van der Waals surface area contributed by atoms with Crippen molar-refractivity contribution in [2.24, 2.45) is 0 Å². The summed E-state index contributed by atoms with van der Waals surface area (Å²) in [5.74, 6) is -3.53. The largest absolute Gasteiger partial charge is 0.473 e. The molecule has 3 N–H and O–H groups in total. The van der Waals surface area contributed by atoms with Gasteiger partial charge >= 0.3 is 11.9 Å². The zero-order chi connectivity index (χ0) is 25.1. The highest BCUT2D eigenvalue weighted by molar-refractivity contribution is 6.27. The third-order valence-corrected chi connectivity index (χ3v) is 5.50. The minimum atomic E-state index is -1.82. The molecule has 9 heteroatoms. The number of aliphatic hydroxyl groups is 1. The number of rotatable bonds is 7. The van der Waals surface area contributed by atoms with Crippen molar-refractivity contribution >= 4 is 17.8 Å². The van der Waals surface area contributed by atoms with Gasteiger partial charge in [-0.05, 0) is 23.6 Å². The molecule has 1 fully saturated rings. The van der Waals surface area contributed by atoms with Gasteiger partial charge in [-0.3, -0.25) is 9.69 Å². The van der Waals surface area contributed by atoms with Gasteiger partial charge in [0.2, 0.25) is 5.91 Å². The van der Waals surface area contributed by atoms with E-state index < -0.39 is 18.0 Å². The Morgan fingerprint density at radius 1 is 0.912 bits per heavy atom. The Balaban J connectivity index is 0.000000604. The zero-order valence-corrected chi connectivity index (χ0v) is 19.5. The summed E-state index contributed by atoms with van der Waals surface area (Å²) in [5.41, 5.74) is 3.38. The summed E-state index contributed by atoms with van der Waals surface area (Å²) in [4.78, 5) is 33.7. The van der Waals surface area contributed by atoms with Crippen LogP contribution in [0.4, 0.5) is 0 Å². The number of nitrogens with zero attached hydrogens (tertiary/aromatic N) is 2. The first kappa shape index (κ1) is 27.0. The number of β-amino-alcohol motifs (C(OH)–C–C–N with tert-alkyl or cyclic N) is 1. The minimum Gasteiger partial charge on any atom is -0.473 e. The molecular formula is C25H32N2O7.